The Balaban J connectivity index is 1.63. The van der Waals surface area contributed by atoms with Crippen molar-refractivity contribution in [3.8, 4) is 0 Å². The number of amides is 1. The standard InChI is InChI=1S/C17H18ClN3O4S/c1-20-11-17(25-16(20)22)6-9-21(10-7-17)26(23,24)14-4-2-3-13-12(14)5-8-19-15(13)18/h2-5,8H,6-7,9-11H2,1H3. The van der Waals surface area contributed by atoms with Crippen molar-refractivity contribution in [1.29, 1.82) is 0 Å². The first-order valence-corrected chi connectivity index (χ1v) is 10.1. The number of ether oxygens (including phenoxy) is 1. The fourth-order valence-electron chi connectivity index (χ4n) is 3.69. The lowest BCUT2D eigenvalue weighted by Crippen LogP contribution is -2.48. The molecule has 0 bridgehead atoms. The Kier molecular flexibility index (Phi) is 4.09. The summed E-state index contributed by atoms with van der Waals surface area (Å²) >= 11 is 6.10. The fourth-order valence-corrected chi connectivity index (χ4v) is 5.56. The first-order valence-electron chi connectivity index (χ1n) is 8.30. The number of aromatic nitrogens is 1. The summed E-state index contributed by atoms with van der Waals surface area (Å²) in [6.07, 6.45) is 2.12. The van der Waals surface area contributed by atoms with Crippen LogP contribution in [0, 0.1) is 0 Å². The zero-order valence-electron chi connectivity index (χ0n) is 14.2. The molecule has 2 aliphatic heterocycles. The molecular formula is C17H18ClN3O4S. The summed E-state index contributed by atoms with van der Waals surface area (Å²) in [4.78, 5) is 17.4. The number of likely N-dealkylation sites (N-methyl/N-ethyl adjacent to an activating group) is 1. The maximum absolute atomic E-state index is 13.2. The predicted molar refractivity (Wildman–Crippen MR) is 96.6 cm³/mol. The second-order valence-corrected chi connectivity index (χ2v) is 9.03. The Morgan fingerprint density at radius 2 is 1.92 bits per heavy atom. The second-order valence-electron chi connectivity index (χ2n) is 6.76. The molecule has 0 unspecified atom stereocenters. The number of sulfonamides is 1. The minimum absolute atomic E-state index is 0.218. The molecule has 0 aliphatic carbocycles. The van der Waals surface area contributed by atoms with Gasteiger partial charge < -0.3 is 9.64 Å². The Bertz CT molecular complexity index is 987. The van der Waals surface area contributed by atoms with Crippen molar-refractivity contribution in [3.05, 3.63) is 35.6 Å². The van der Waals surface area contributed by atoms with Crippen LogP contribution in [-0.2, 0) is 14.8 Å². The van der Waals surface area contributed by atoms with Crippen LogP contribution in [0.4, 0.5) is 4.79 Å². The van der Waals surface area contributed by atoms with Gasteiger partial charge in [-0.15, -0.1) is 0 Å². The van der Waals surface area contributed by atoms with E-state index in [-0.39, 0.29) is 16.1 Å². The molecule has 138 valence electrons. The summed E-state index contributed by atoms with van der Waals surface area (Å²) in [6.45, 7) is 1.10. The van der Waals surface area contributed by atoms with E-state index in [1.54, 1.807) is 31.3 Å². The molecular weight excluding hydrogens is 378 g/mol. The van der Waals surface area contributed by atoms with E-state index in [0.29, 0.717) is 43.2 Å². The molecule has 0 saturated carbocycles. The lowest BCUT2D eigenvalue weighted by molar-refractivity contribution is 0.0172. The van der Waals surface area contributed by atoms with Crippen LogP contribution in [0.25, 0.3) is 10.8 Å². The first kappa shape index (κ1) is 17.5. The van der Waals surface area contributed by atoms with Gasteiger partial charge in [-0.1, -0.05) is 23.7 Å². The molecule has 7 nitrogen and oxygen atoms in total. The number of benzene rings is 1. The van der Waals surface area contributed by atoms with Gasteiger partial charge in [0.2, 0.25) is 10.0 Å². The third-order valence-electron chi connectivity index (χ3n) is 5.11. The summed E-state index contributed by atoms with van der Waals surface area (Å²) < 4.78 is 33.3. The summed E-state index contributed by atoms with van der Waals surface area (Å²) in [5, 5.41) is 1.44. The number of carbonyl (C=O) groups is 1. The van der Waals surface area contributed by atoms with Gasteiger partial charge in [0.25, 0.3) is 0 Å². The normalized spacial score (nSPS) is 20.7. The molecule has 0 radical (unpaired) electrons. The number of halogens is 1. The van der Waals surface area contributed by atoms with Gasteiger partial charge in [0.05, 0.1) is 11.4 Å². The number of nitrogens with zero attached hydrogens (tertiary/aromatic N) is 3. The van der Waals surface area contributed by atoms with Crippen molar-refractivity contribution in [2.45, 2.75) is 23.3 Å². The number of rotatable bonds is 2. The monoisotopic (exact) mass is 395 g/mol. The van der Waals surface area contributed by atoms with Crippen LogP contribution in [-0.4, -0.2) is 61.0 Å². The topological polar surface area (TPSA) is 79.8 Å². The zero-order valence-corrected chi connectivity index (χ0v) is 15.8. The molecule has 1 aromatic heterocycles. The Morgan fingerprint density at radius 3 is 2.58 bits per heavy atom. The van der Waals surface area contributed by atoms with Crippen LogP contribution in [0.2, 0.25) is 5.15 Å². The van der Waals surface area contributed by atoms with Gasteiger partial charge in [0.15, 0.2) is 0 Å². The van der Waals surface area contributed by atoms with Gasteiger partial charge in [0.1, 0.15) is 10.8 Å². The highest BCUT2D eigenvalue weighted by atomic mass is 35.5. The number of hydrogen-bond donors (Lipinski definition) is 0. The van der Waals surface area contributed by atoms with Crippen LogP contribution in [0.15, 0.2) is 35.4 Å². The third kappa shape index (κ3) is 2.72. The minimum atomic E-state index is -3.69. The van der Waals surface area contributed by atoms with Crippen LogP contribution in [0.3, 0.4) is 0 Å². The molecule has 9 heteroatoms. The lowest BCUT2D eigenvalue weighted by atomic mass is 9.92. The van der Waals surface area contributed by atoms with E-state index in [0.717, 1.165) is 0 Å². The summed E-state index contributed by atoms with van der Waals surface area (Å²) in [7, 11) is -2.00. The SMILES string of the molecule is CN1CC2(CCN(S(=O)(=O)c3cccc4c(Cl)nccc34)CC2)OC1=O. The van der Waals surface area contributed by atoms with Crippen molar-refractivity contribution in [1.82, 2.24) is 14.2 Å². The number of pyridine rings is 1. The van der Waals surface area contributed by atoms with Crippen molar-refractivity contribution in [3.63, 3.8) is 0 Å². The molecule has 2 aliphatic rings. The van der Waals surface area contributed by atoms with Gasteiger partial charge in [-0.05, 0) is 12.1 Å². The van der Waals surface area contributed by atoms with Gasteiger partial charge >= 0.3 is 6.09 Å². The molecule has 3 heterocycles. The van der Waals surface area contributed by atoms with Crippen LogP contribution in [0.5, 0.6) is 0 Å². The highest BCUT2D eigenvalue weighted by Crippen LogP contribution is 2.36. The van der Waals surface area contributed by atoms with Gasteiger partial charge in [-0.25, -0.2) is 18.2 Å². The lowest BCUT2D eigenvalue weighted by Gasteiger charge is -2.36. The van der Waals surface area contributed by atoms with E-state index in [1.165, 1.54) is 15.4 Å². The van der Waals surface area contributed by atoms with E-state index >= 15 is 0 Å². The molecule has 1 spiro atoms. The van der Waals surface area contributed by atoms with E-state index in [9.17, 15) is 13.2 Å². The first-order chi connectivity index (χ1) is 12.3. The number of piperidine rings is 1. The molecule has 0 atom stereocenters. The molecule has 2 fully saturated rings. The average Bonchev–Trinajstić information content (AvgIpc) is 2.88. The van der Waals surface area contributed by atoms with Crippen molar-refractivity contribution >= 4 is 38.5 Å². The van der Waals surface area contributed by atoms with Crippen LogP contribution < -0.4 is 0 Å². The fraction of sp³-hybridized carbons (Fsp3) is 0.412. The molecule has 2 saturated heterocycles. The summed E-state index contributed by atoms with van der Waals surface area (Å²) in [5.41, 5.74) is -0.580. The molecule has 26 heavy (non-hydrogen) atoms. The zero-order chi connectivity index (χ0) is 18.5. The highest BCUT2D eigenvalue weighted by molar-refractivity contribution is 7.89. The second kappa shape index (κ2) is 6.07. The molecule has 1 amide bonds. The van der Waals surface area contributed by atoms with Gasteiger partial charge in [-0.3, -0.25) is 0 Å². The molecule has 2 aromatic rings. The number of hydrogen-bond acceptors (Lipinski definition) is 5. The van der Waals surface area contributed by atoms with Gasteiger partial charge in [0, 0.05) is 49.9 Å². The number of carbonyl (C=O) groups excluding carboxylic acids is 1. The highest BCUT2D eigenvalue weighted by Gasteiger charge is 2.47. The Labute approximate surface area is 156 Å². The quantitative estimate of drug-likeness (QED) is 0.730. The largest absolute Gasteiger partial charge is 0.441 e. The molecule has 0 N–H and O–H groups in total. The Hall–Kier alpha value is -1.90. The smallest absolute Gasteiger partial charge is 0.410 e. The maximum atomic E-state index is 13.2. The summed E-state index contributed by atoms with van der Waals surface area (Å²) in [5.74, 6) is 0. The van der Waals surface area contributed by atoms with Gasteiger partial charge in [-0.2, -0.15) is 4.31 Å². The Morgan fingerprint density at radius 1 is 1.19 bits per heavy atom. The van der Waals surface area contributed by atoms with Crippen molar-refractivity contribution in [2.24, 2.45) is 0 Å². The predicted octanol–water partition coefficient (Wildman–Crippen LogP) is 2.49. The summed E-state index contributed by atoms with van der Waals surface area (Å²) in [6, 6.07) is 6.67. The van der Waals surface area contributed by atoms with Crippen LogP contribution >= 0.6 is 11.6 Å². The van der Waals surface area contributed by atoms with E-state index in [4.69, 9.17) is 16.3 Å². The van der Waals surface area contributed by atoms with Crippen molar-refractivity contribution < 1.29 is 17.9 Å². The van der Waals surface area contributed by atoms with E-state index in [1.807, 2.05) is 0 Å². The third-order valence-corrected chi connectivity index (χ3v) is 7.37. The van der Waals surface area contributed by atoms with Crippen LogP contribution in [0.1, 0.15) is 12.8 Å². The maximum Gasteiger partial charge on any atom is 0.410 e. The average molecular weight is 396 g/mol. The van der Waals surface area contributed by atoms with Crippen molar-refractivity contribution in [2.75, 3.05) is 26.7 Å². The molecule has 4 rings (SSSR count). The van der Waals surface area contributed by atoms with E-state index < -0.39 is 15.6 Å². The molecule has 1 aromatic carbocycles. The van der Waals surface area contributed by atoms with E-state index in [2.05, 4.69) is 4.98 Å². The minimum Gasteiger partial charge on any atom is -0.441 e. The number of fused-ring (bicyclic) bond motifs is 1.